The third-order valence-electron chi connectivity index (χ3n) is 5.84. The molecular formula is C18H30N4O4S. The van der Waals surface area contributed by atoms with E-state index in [4.69, 9.17) is 4.52 Å². The Kier molecular flexibility index (Phi) is 5.93. The van der Waals surface area contributed by atoms with Crippen molar-refractivity contribution in [1.82, 2.24) is 19.3 Å². The number of carbonyl (C=O) groups excluding carboxylic acids is 1. The Morgan fingerprint density at radius 3 is 2.22 bits per heavy atom. The molecule has 1 aromatic heterocycles. The number of aryl methyl sites for hydroxylation is 2. The fraction of sp³-hybridized carbons (Fsp3) is 0.778. The lowest BCUT2D eigenvalue weighted by Gasteiger charge is -2.39. The summed E-state index contributed by atoms with van der Waals surface area (Å²) in [5.74, 6) is 1.16. The zero-order chi connectivity index (χ0) is 19.8. The van der Waals surface area contributed by atoms with Crippen LogP contribution in [-0.4, -0.2) is 78.9 Å². The smallest absolute Gasteiger partial charge is 0.248 e. The molecule has 0 saturated carbocycles. The van der Waals surface area contributed by atoms with Crippen molar-refractivity contribution in [3.8, 4) is 0 Å². The second-order valence-electron chi connectivity index (χ2n) is 7.78. The molecule has 27 heavy (non-hydrogen) atoms. The molecule has 2 aliphatic heterocycles. The number of hydrogen-bond acceptors (Lipinski definition) is 6. The molecule has 3 rings (SSSR count). The minimum Gasteiger partial charge on any atom is -0.360 e. The molecular weight excluding hydrogens is 368 g/mol. The molecule has 0 spiro atoms. The second kappa shape index (κ2) is 7.89. The summed E-state index contributed by atoms with van der Waals surface area (Å²) in [5, 5.41) is 3.76. The van der Waals surface area contributed by atoms with Gasteiger partial charge in [-0.15, -0.1) is 0 Å². The van der Waals surface area contributed by atoms with E-state index in [1.165, 1.54) is 4.31 Å². The number of amides is 1. The first-order valence-corrected chi connectivity index (χ1v) is 11.1. The number of aromatic nitrogens is 1. The molecule has 9 heteroatoms. The van der Waals surface area contributed by atoms with Gasteiger partial charge in [-0.2, -0.15) is 4.31 Å². The van der Waals surface area contributed by atoms with Crippen LogP contribution in [0.4, 0.5) is 0 Å². The molecule has 1 aromatic rings. The van der Waals surface area contributed by atoms with Gasteiger partial charge in [-0.1, -0.05) is 12.1 Å². The molecule has 8 nitrogen and oxygen atoms in total. The maximum Gasteiger partial charge on any atom is 0.248 e. The quantitative estimate of drug-likeness (QED) is 0.759. The molecule has 1 atom stereocenters. The van der Waals surface area contributed by atoms with Crippen LogP contribution >= 0.6 is 0 Å². The van der Waals surface area contributed by atoms with Crippen molar-refractivity contribution >= 4 is 15.9 Å². The summed E-state index contributed by atoms with van der Waals surface area (Å²) in [7, 11) is -3.62. The van der Waals surface area contributed by atoms with Gasteiger partial charge >= 0.3 is 0 Å². The van der Waals surface area contributed by atoms with Crippen LogP contribution in [0.5, 0.6) is 0 Å². The number of piperazine rings is 1. The topological polar surface area (TPSA) is 87.0 Å². The van der Waals surface area contributed by atoms with Crippen molar-refractivity contribution in [2.75, 3.05) is 39.3 Å². The minimum absolute atomic E-state index is 0.156. The van der Waals surface area contributed by atoms with Gasteiger partial charge in [0, 0.05) is 39.3 Å². The maximum atomic E-state index is 12.9. The SMILES string of the molecule is Cc1noc(C)c1S(=O)(=O)N1CCN(C(C)C(=O)N2CCC(C)CC2)CC1. The molecule has 0 bridgehead atoms. The van der Waals surface area contributed by atoms with E-state index in [0.29, 0.717) is 43.6 Å². The molecule has 2 saturated heterocycles. The Morgan fingerprint density at radius 1 is 1.11 bits per heavy atom. The molecule has 0 N–H and O–H groups in total. The highest BCUT2D eigenvalue weighted by Gasteiger charge is 2.36. The van der Waals surface area contributed by atoms with Gasteiger partial charge in [0.25, 0.3) is 0 Å². The van der Waals surface area contributed by atoms with Crippen molar-refractivity contribution in [1.29, 1.82) is 0 Å². The van der Waals surface area contributed by atoms with E-state index in [9.17, 15) is 13.2 Å². The number of sulfonamides is 1. The van der Waals surface area contributed by atoms with E-state index in [0.717, 1.165) is 25.9 Å². The van der Waals surface area contributed by atoms with Crippen LogP contribution in [0.2, 0.25) is 0 Å². The number of piperidine rings is 1. The van der Waals surface area contributed by atoms with Gasteiger partial charge in [-0.25, -0.2) is 8.42 Å². The molecule has 2 fully saturated rings. The number of rotatable bonds is 4. The third kappa shape index (κ3) is 4.05. The van der Waals surface area contributed by atoms with Gasteiger partial charge < -0.3 is 9.42 Å². The monoisotopic (exact) mass is 398 g/mol. The van der Waals surface area contributed by atoms with E-state index in [2.05, 4.69) is 17.0 Å². The fourth-order valence-electron chi connectivity index (χ4n) is 3.95. The zero-order valence-corrected chi connectivity index (χ0v) is 17.5. The summed E-state index contributed by atoms with van der Waals surface area (Å²) >= 11 is 0. The molecule has 1 amide bonds. The Hall–Kier alpha value is -1.45. The van der Waals surface area contributed by atoms with Crippen LogP contribution in [-0.2, 0) is 14.8 Å². The number of hydrogen-bond donors (Lipinski definition) is 0. The average molecular weight is 399 g/mol. The number of nitrogens with zero attached hydrogens (tertiary/aromatic N) is 4. The minimum atomic E-state index is -3.62. The zero-order valence-electron chi connectivity index (χ0n) is 16.6. The Balaban J connectivity index is 1.61. The molecule has 2 aliphatic rings. The first-order chi connectivity index (χ1) is 12.7. The van der Waals surface area contributed by atoms with E-state index in [-0.39, 0.29) is 16.8 Å². The highest BCUT2D eigenvalue weighted by Crippen LogP contribution is 2.25. The lowest BCUT2D eigenvalue weighted by molar-refractivity contribution is -0.138. The van der Waals surface area contributed by atoms with E-state index in [1.54, 1.807) is 13.8 Å². The lowest BCUT2D eigenvalue weighted by Crippen LogP contribution is -2.56. The van der Waals surface area contributed by atoms with Crippen LogP contribution in [0.25, 0.3) is 0 Å². The van der Waals surface area contributed by atoms with Crippen LogP contribution in [0.3, 0.4) is 0 Å². The van der Waals surface area contributed by atoms with E-state index < -0.39 is 10.0 Å². The predicted octanol–water partition coefficient (Wildman–Crippen LogP) is 1.24. The van der Waals surface area contributed by atoms with Crippen LogP contribution in [0.1, 0.15) is 38.1 Å². The van der Waals surface area contributed by atoms with Gasteiger partial charge in [0.2, 0.25) is 15.9 Å². The fourth-order valence-corrected chi connectivity index (χ4v) is 5.67. The van der Waals surface area contributed by atoms with Gasteiger partial charge in [0.1, 0.15) is 10.6 Å². The number of carbonyl (C=O) groups is 1. The highest BCUT2D eigenvalue weighted by atomic mass is 32.2. The van der Waals surface area contributed by atoms with E-state index >= 15 is 0 Å². The Labute approximate surface area is 161 Å². The van der Waals surface area contributed by atoms with Gasteiger partial charge in [0.05, 0.1) is 6.04 Å². The maximum absolute atomic E-state index is 12.9. The predicted molar refractivity (Wildman–Crippen MR) is 101 cm³/mol. The van der Waals surface area contributed by atoms with Gasteiger partial charge in [-0.05, 0) is 39.5 Å². The molecule has 1 unspecified atom stereocenters. The first kappa shape index (κ1) is 20.3. The first-order valence-electron chi connectivity index (χ1n) is 9.67. The molecule has 0 aromatic carbocycles. The van der Waals surface area contributed by atoms with Crippen LogP contribution < -0.4 is 0 Å². The van der Waals surface area contributed by atoms with Gasteiger partial charge in [0.15, 0.2) is 5.76 Å². The lowest BCUT2D eigenvalue weighted by atomic mass is 9.98. The Bertz CT molecular complexity index is 756. The van der Waals surface area contributed by atoms with E-state index in [1.807, 2.05) is 11.8 Å². The third-order valence-corrected chi connectivity index (χ3v) is 7.98. The average Bonchev–Trinajstić information content (AvgIpc) is 3.00. The normalized spacial score (nSPS) is 22.1. The van der Waals surface area contributed by atoms with Crippen molar-refractivity contribution in [3.63, 3.8) is 0 Å². The summed E-state index contributed by atoms with van der Waals surface area (Å²) < 4.78 is 32.3. The largest absolute Gasteiger partial charge is 0.360 e. The van der Waals surface area contributed by atoms with Gasteiger partial charge in [-0.3, -0.25) is 9.69 Å². The summed E-state index contributed by atoms with van der Waals surface area (Å²) in [6.07, 6.45) is 2.11. The summed E-state index contributed by atoms with van der Waals surface area (Å²) in [6.45, 7) is 10.9. The molecule has 0 aliphatic carbocycles. The van der Waals surface area contributed by atoms with Crippen molar-refractivity contribution in [2.45, 2.75) is 51.5 Å². The molecule has 0 radical (unpaired) electrons. The molecule has 3 heterocycles. The summed E-state index contributed by atoms with van der Waals surface area (Å²) in [5.41, 5.74) is 0.387. The standard InChI is InChI=1S/C18H30N4O4S/c1-13-5-7-21(8-6-13)18(23)15(3)20-9-11-22(12-10-20)27(24,25)17-14(2)19-26-16(17)4/h13,15H,5-12H2,1-4H3. The summed E-state index contributed by atoms with van der Waals surface area (Å²) in [6, 6.07) is -0.220. The van der Waals surface area contributed by atoms with Crippen molar-refractivity contribution < 1.29 is 17.7 Å². The Morgan fingerprint density at radius 2 is 1.70 bits per heavy atom. The summed E-state index contributed by atoms with van der Waals surface area (Å²) in [4.78, 5) is 17.0. The highest BCUT2D eigenvalue weighted by molar-refractivity contribution is 7.89. The van der Waals surface area contributed by atoms with Crippen LogP contribution in [0.15, 0.2) is 9.42 Å². The van der Waals surface area contributed by atoms with Crippen molar-refractivity contribution in [2.24, 2.45) is 5.92 Å². The number of likely N-dealkylation sites (tertiary alicyclic amines) is 1. The molecule has 152 valence electrons. The van der Waals surface area contributed by atoms with Crippen molar-refractivity contribution in [3.05, 3.63) is 11.5 Å². The van der Waals surface area contributed by atoms with Crippen LogP contribution in [0, 0.1) is 19.8 Å². The second-order valence-corrected chi connectivity index (χ2v) is 9.65.